The van der Waals surface area contributed by atoms with E-state index in [-0.39, 0.29) is 22.3 Å². The van der Waals surface area contributed by atoms with Crippen LogP contribution in [0.4, 0.5) is 0 Å². The topological polar surface area (TPSA) is 91.9 Å². The molecule has 1 aliphatic rings. The number of H-pyrrole nitrogens is 1. The highest BCUT2D eigenvalue weighted by Crippen LogP contribution is 2.33. The highest BCUT2D eigenvalue weighted by molar-refractivity contribution is 8.13. The van der Waals surface area contributed by atoms with Gasteiger partial charge in [0.15, 0.2) is 5.69 Å². The van der Waals surface area contributed by atoms with Crippen molar-refractivity contribution in [1.29, 1.82) is 0 Å². The van der Waals surface area contributed by atoms with Crippen LogP contribution < -0.4 is 5.32 Å². The Bertz CT molecular complexity index is 581. The lowest BCUT2D eigenvalue weighted by molar-refractivity contribution is 0.0940. The molecule has 1 saturated carbocycles. The van der Waals surface area contributed by atoms with Crippen LogP contribution in [0.15, 0.2) is 4.90 Å². The second kappa shape index (κ2) is 4.55. The van der Waals surface area contributed by atoms with Crippen molar-refractivity contribution < 1.29 is 13.2 Å². The largest absolute Gasteiger partial charge is 0.348 e. The van der Waals surface area contributed by atoms with Crippen LogP contribution >= 0.6 is 10.7 Å². The first-order valence-corrected chi connectivity index (χ1v) is 7.96. The summed E-state index contributed by atoms with van der Waals surface area (Å²) in [4.78, 5) is 11.7. The fourth-order valence-corrected chi connectivity index (χ4v) is 3.33. The zero-order valence-corrected chi connectivity index (χ0v) is 11.6. The number of amides is 1. The number of carbonyl (C=O) groups excluding carboxylic acids is 1. The normalized spacial score (nSPS) is 22.8. The molecule has 1 fully saturated rings. The Hall–Kier alpha value is -1.08. The molecule has 8 heteroatoms. The summed E-state index contributed by atoms with van der Waals surface area (Å²) in [6, 6.07) is 0.116. The molecule has 0 saturated heterocycles. The summed E-state index contributed by atoms with van der Waals surface area (Å²) in [6.07, 6.45) is 1.92. The molecule has 100 valence electrons. The van der Waals surface area contributed by atoms with Gasteiger partial charge in [0.1, 0.15) is 4.90 Å². The van der Waals surface area contributed by atoms with E-state index in [0.717, 1.165) is 12.8 Å². The second-order valence-electron chi connectivity index (χ2n) is 4.45. The van der Waals surface area contributed by atoms with Gasteiger partial charge in [0, 0.05) is 16.7 Å². The van der Waals surface area contributed by atoms with Crippen molar-refractivity contribution in [1.82, 2.24) is 15.5 Å². The molecule has 1 aromatic heterocycles. The lowest BCUT2D eigenvalue weighted by Gasteiger charge is -2.03. The Balaban J connectivity index is 2.22. The molecule has 2 atom stereocenters. The zero-order valence-electron chi connectivity index (χ0n) is 10.0. The van der Waals surface area contributed by atoms with Gasteiger partial charge in [-0.3, -0.25) is 9.89 Å². The Morgan fingerprint density at radius 1 is 1.61 bits per heavy atom. The highest BCUT2D eigenvalue weighted by atomic mass is 35.7. The van der Waals surface area contributed by atoms with Gasteiger partial charge in [-0.05, 0) is 19.3 Å². The van der Waals surface area contributed by atoms with Gasteiger partial charge < -0.3 is 5.32 Å². The Kier molecular flexibility index (Phi) is 3.37. The SMILES string of the molecule is CCC1CC1NC(=O)c1n[nH]c(C)c1S(=O)(=O)Cl. The molecule has 0 bridgehead atoms. The number of aromatic nitrogens is 2. The van der Waals surface area contributed by atoms with E-state index in [1.165, 1.54) is 6.92 Å². The monoisotopic (exact) mass is 291 g/mol. The lowest BCUT2D eigenvalue weighted by Crippen LogP contribution is -2.28. The first-order valence-electron chi connectivity index (χ1n) is 5.65. The summed E-state index contributed by atoms with van der Waals surface area (Å²) in [7, 11) is 1.31. The van der Waals surface area contributed by atoms with E-state index in [2.05, 4.69) is 15.5 Å². The molecule has 2 N–H and O–H groups in total. The number of halogens is 1. The van der Waals surface area contributed by atoms with Gasteiger partial charge in [-0.2, -0.15) is 5.10 Å². The molecule has 6 nitrogen and oxygen atoms in total. The molecule has 0 aromatic carbocycles. The van der Waals surface area contributed by atoms with E-state index >= 15 is 0 Å². The minimum atomic E-state index is -3.98. The number of carbonyl (C=O) groups is 1. The van der Waals surface area contributed by atoms with E-state index in [4.69, 9.17) is 10.7 Å². The first kappa shape index (κ1) is 13.4. The molecule has 0 spiro atoms. The van der Waals surface area contributed by atoms with E-state index in [1.807, 2.05) is 6.92 Å². The molecule has 1 aliphatic carbocycles. The maximum atomic E-state index is 11.9. The number of aryl methyl sites for hydroxylation is 1. The van der Waals surface area contributed by atoms with Crippen molar-refractivity contribution in [3.8, 4) is 0 Å². The summed E-state index contributed by atoms with van der Waals surface area (Å²) < 4.78 is 22.8. The van der Waals surface area contributed by atoms with E-state index in [9.17, 15) is 13.2 Å². The molecule has 0 aliphatic heterocycles. The van der Waals surface area contributed by atoms with Crippen LogP contribution in [-0.4, -0.2) is 30.6 Å². The number of nitrogens with one attached hydrogen (secondary N) is 2. The fourth-order valence-electron chi connectivity index (χ4n) is 1.98. The van der Waals surface area contributed by atoms with Crippen molar-refractivity contribution in [2.75, 3.05) is 0 Å². The Morgan fingerprint density at radius 3 is 2.78 bits per heavy atom. The Labute approximate surface area is 110 Å². The average molecular weight is 292 g/mol. The maximum Gasteiger partial charge on any atom is 0.273 e. The fraction of sp³-hybridized carbons (Fsp3) is 0.600. The maximum absolute atomic E-state index is 11.9. The van der Waals surface area contributed by atoms with Gasteiger partial charge in [-0.1, -0.05) is 13.3 Å². The molecule has 18 heavy (non-hydrogen) atoms. The number of hydrogen-bond acceptors (Lipinski definition) is 4. The number of aromatic amines is 1. The number of nitrogens with zero attached hydrogens (tertiary/aromatic N) is 1. The zero-order chi connectivity index (χ0) is 13.5. The van der Waals surface area contributed by atoms with Crippen molar-refractivity contribution in [3.05, 3.63) is 11.4 Å². The van der Waals surface area contributed by atoms with Gasteiger partial charge in [0.2, 0.25) is 0 Å². The lowest BCUT2D eigenvalue weighted by atomic mass is 10.3. The quantitative estimate of drug-likeness (QED) is 0.815. The van der Waals surface area contributed by atoms with Crippen LogP contribution in [0.25, 0.3) is 0 Å². The van der Waals surface area contributed by atoms with Gasteiger partial charge in [0.05, 0.1) is 5.69 Å². The van der Waals surface area contributed by atoms with Crippen molar-refractivity contribution in [2.24, 2.45) is 5.92 Å². The standard InChI is InChI=1S/C10H14ClN3O3S/c1-3-6-4-7(6)12-10(15)8-9(18(11,16)17)5(2)13-14-8/h6-7H,3-4H2,1-2H3,(H,12,15)(H,13,14). The minimum absolute atomic E-state index is 0.116. The number of hydrogen-bond donors (Lipinski definition) is 2. The van der Waals surface area contributed by atoms with Crippen molar-refractivity contribution >= 4 is 25.6 Å². The molecule has 2 unspecified atom stereocenters. The highest BCUT2D eigenvalue weighted by Gasteiger charge is 2.38. The Morgan fingerprint density at radius 2 is 2.28 bits per heavy atom. The van der Waals surface area contributed by atoms with E-state index < -0.39 is 15.0 Å². The summed E-state index contributed by atoms with van der Waals surface area (Å²) in [5.74, 6) is -0.0235. The van der Waals surface area contributed by atoms with Gasteiger partial charge in [-0.15, -0.1) is 0 Å². The summed E-state index contributed by atoms with van der Waals surface area (Å²) in [6.45, 7) is 3.55. The third kappa shape index (κ3) is 2.51. The predicted octanol–water partition coefficient (Wildman–Crippen LogP) is 1.17. The number of rotatable bonds is 4. The van der Waals surface area contributed by atoms with Crippen LogP contribution in [0.2, 0.25) is 0 Å². The van der Waals surface area contributed by atoms with Crippen molar-refractivity contribution in [3.63, 3.8) is 0 Å². The first-order chi connectivity index (χ1) is 8.34. The third-order valence-corrected chi connectivity index (χ3v) is 4.56. The predicted molar refractivity (Wildman–Crippen MR) is 66.0 cm³/mol. The van der Waals surface area contributed by atoms with Gasteiger partial charge in [0.25, 0.3) is 15.0 Å². The molecular weight excluding hydrogens is 278 g/mol. The van der Waals surface area contributed by atoms with Gasteiger partial charge >= 0.3 is 0 Å². The molecule has 1 heterocycles. The molecule has 1 aromatic rings. The molecule has 2 rings (SSSR count). The second-order valence-corrected chi connectivity index (χ2v) is 6.95. The average Bonchev–Trinajstić information content (AvgIpc) is 2.88. The van der Waals surface area contributed by atoms with Crippen molar-refractivity contribution in [2.45, 2.75) is 37.6 Å². The molecule has 1 amide bonds. The summed E-state index contributed by atoms with van der Waals surface area (Å²) in [5.41, 5.74) is 0.0993. The molecular formula is C10H14ClN3O3S. The van der Waals surface area contributed by atoms with Gasteiger partial charge in [-0.25, -0.2) is 8.42 Å². The smallest absolute Gasteiger partial charge is 0.273 e. The van der Waals surface area contributed by atoms with Crippen LogP contribution in [0.1, 0.15) is 35.9 Å². The van der Waals surface area contributed by atoms with Crippen LogP contribution in [0.5, 0.6) is 0 Å². The molecule has 0 radical (unpaired) electrons. The van der Waals surface area contributed by atoms with Crippen LogP contribution in [0.3, 0.4) is 0 Å². The summed E-state index contributed by atoms with van der Waals surface area (Å²) in [5, 5.41) is 8.93. The van der Waals surface area contributed by atoms with E-state index in [0.29, 0.717) is 5.92 Å². The third-order valence-electron chi connectivity index (χ3n) is 3.11. The van der Waals surface area contributed by atoms with E-state index in [1.54, 1.807) is 0 Å². The summed E-state index contributed by atoms with van der Waals surface area (Å²) >= 11 is 0. The van der Waals surface area contributed by atoms with Crippen LogP contribution in [-0.2, 0) is 9.05 Å². The minimum Gasteiger partial charge on any atom is -0.348 e. The van der Waals surface area contributed by atoms with Crippen LogP contribution in [0, 0.1) is 12.8 Å².